The van der Waals surface area contributed by atoms with Gasteiger partial charge in [0.05, 0.1) is 5.75 Å². The van der Waals surface area contributed by atoms with Crippen LogP contribution in [0.2, 0.25) is 0 Å². The number of benzene rings is 1. The lowest BCUT2D eigenvalue weighted by atomic mass is 10.1. The van der Waals surface area contributed by atoms with Crippen LogP contribution in [-0.4, -0.2) is 54.3 Å². The summed E-state index contributed by atoms with van der Waals surface area (Å²) in [6, 6.07) is 6.20. The highest BCUT2D eigenvalue weighted by molar-refractivity contribution is 7.99. The van der Waals surface area contributed by atoms with Crippen molar-refractivity contribution in [3.05, 3.63) is 35.0 Å². The topological polar surface area (TPSA) is 125 Å². The molecular weight excluding hydrogens is 426 g/mol. The lowest BCUT2D eigenvalue weighted by Crippen LogP contribution is -2.24. The van der Waals surface area contributed by atoms with Gasteiger partial charge in [-0.1, -0.05) is 17.8 Å². The molecule has 0 aliphatic carbocycles. The van der Waals surface area contributed by atoms with E-state index < -0.39 is 0 Å². The molecule has 1 amide bonds. The van der Waals surface area contributed by atoms with Gasteiger partial charge in [0, 0.05) is 36.2 Å². The molecule has 4 rings (SSSR count). The molecule has 0 saturated heterocycles. The van der Waals surface area contributed by atoms with E-state index in [-0.39, 0.29) is 11.7 Å². The van der Waals surface area contributed by atoms with E-state index in [2.05, 4.69) is 67.1 Å². The van der Waals surface area contributed by atoms with Crippen LogP contribution in [0.25, 0.3) is 16.7 Å². The summed E-state index contributed by atoms with van der Waals surface area (Å²) in [5, 5.41) is 19.4. The average Bonchev–Trinajstić information content (AvgIpc) is 3.32. The van der Waals surface area contributed by atoms with Crippen LogP contribution in [0.5, 0.6) is 0 Å². The number of H-pyrrole nitrogens is 1. The van der Waals surface area contributed by atoms with E-state index in [4.69, 9.17) is 0 Å². The first kappa shape index (κ1) is 21.9. The number of carbonyl (C=O) groups excluding carboxylic acids is 1. The number of aryl methyl sites for hydroxylation is 2. The summed E-state index contributed by atoms with van der Waals surface area (Å²) >= 11 is 1.30. The van der Waals surface area contributed by atoms with Crippen molar-refractivity contribution in [3.63, 3.8) is 0 Å². The fourth-order valence-electron chi connectivity index (χ4n) is 3.40. The van der Waals surface area contributed by atoms with Gasteiger partial charge in [0.15, 0.2) is 5.16 Å². The lowest BCUT2D eigenvalue weighted by Gasteiger charge is -2.09. The van der Waals surface area contributed by atoms with Crippen molar-refractivity contribution in [2.75, 3.05) is 29.5 Å². The second-order valence-corrected chi connectivity index (χ2v) is 8.31. The summed E-state index contributed by atoms with van der Waals surface area (Å²) < 4.78 is 1.73. The van der Waals surface area contributed by atoms with Crippen LogP contribution >= 0.6 is 11.8 Å². The molecule has 0 aliphatic rings. The first-order chi connectivity index (χ1) is 15.5. The summed E-state index contributed by atoms with van der Waals surface area (Å²) in [5.41, 5.74) is 4.57. The number of aromatic nitrogens is 6. The van der Waals surface area contributed by atoms with Crippen molar-refractivity contribution in [2.24, 2.45) is 0 Å². The first-order valence-corrected chi connectivity index (χ1v) is 11.6. The number of hydrogen-bond acceptors (Lipinski definition) is 8. The molecule has 168 valence electrons. The minimum atomic E-state index is -0.0796. The summed E-state index contributed by atoms with van der Waals surface area (Å²) in [6.07, 6.45) is 0. The van der Waals surface area contributed by atoms with Crippen LogP contribution in [-0.2, 0) is 11.3 Å². The van der Waals surface area contributed by atoms with Gasteiger partial charge in [-0.15, -0.1) is 10.2 Å². The van der Waals surface area contributed by atoms with Gasteiger partial charge in [-0.25, -0.2) is 4.40 Å². The highest BCUT2D eigenvalue weighted by Gasteiger charge is 2.16. The van der Waals surface area contributed by atoms with Crippen molar-refractivity contribution >= 4 is 46.2 Å². The summed E-state index contributed by atoms with van der Waals surface area (Å²) in [4.78, 5) is 24.7. The molecule has 0 bridgehead atoms. The Morgan fingerprint density at radius 3 is 2.72 bits per heavy atom. The SMILES string of the molecule is CCNc1nc(NCC)n2c(SCC(=O)NCc3ccc4[nH]c(C)c(C)c4c3)nnc2n1. The van der Waals surface area contributed by atoms with E-state index in [1.807, 2.05) is 19.9 Å². The summed E-state index contributed by atoms with van der Waals surface area (Å²) in [5.74, 6) is 1.64. The minimum Gasteiger partial charge on any atom is -0.358 e. The number of aromatic amines is 1. The van der Waals surface area contributed by atoms with Gasteiger partial charge < -0.3 is 20.9 Å². The molecule has 4 aromatic rings. The number of amides is 1. The zero-order chi connectivity index (χ0) is 22.7. The molecule has 4 N–H and O–H groups in total. The molecule has 0 spiro atoms. The fraction of sp³-hybridized carbons (Fsp3) is 0.381. The first-order valence-electron chi connectivity index (χ1n) is 10.6. The second-order valence-electron chi connectivity index (χ2n) is 7.37. The molecule has 32 heavy (non-hydrogen) atoms. The maximum absolute atomic E-state index is 12.5. The number of nitrogens with zero attached hydrogens (tertiary/aromatic N) is 5. The fourth-order valence-corrected chi connectivity index (χ4v) is 4.16. The van der Waals surface area contributed by atoms with Crippen LogP contribution < -0.4 is 16.0 Å². The Balaban J connectivity index is 1.42. The molecule has 0 unspecified atom stereocenters. The molecule has 1 aromatic carbocycles. The highest BCUT2D eigenvalue weighted by atomic mass is 32.2. The molecule has 0 radical (unpaired) electrons. The quantitative estimate of drug-likeness (QED) is 0.285. The van der Waals surface area contributed by atoms with Crippen LogP contribution in [0.4, 0.5) is 11.9 Å². The van der Waals surface area contributed by atoms with Crippen molar-refractivity contribution in [1.82, 2.24) is 34.9 Å². The van der Waals surface area contributed by atoms with E-state index in [1.54, 1.807) is 4.40 Å². The van der Waals surface area contributed by atoms with E-state index in [1.165, 1.54) is 22.7 Å². The second kappa shape index (κ2) is 9.43. The standard InChI is InChI=1S/C21H27N9OS/c1-5-22-18-26-19(23-6-2)30-20(27-18)28-29-21(30)32-11-17(31)24-10-14-7-8-16-15(9-14)12(3)13(4)25-16/h7-9,25H,5-6,10-11H2,1-4H3,(H,24,31)(H2,22,23,26,27,28). The number of hydrogen-bond donors (Lipinski definition) is 4. The number of thioether (sulfide) groups is 1. The molecule has 0 fully saturated rings. The van der Waals surface area contributed by atoms with Crippen molar-refractivity contribution in [2.45, 2.75) is 39.4 Å². The molecule has 11 heteroatoms. The minimum absolute atomic E-state index is 0.0796. The Labute approximate surface area is 190 Å². The normalized spacial score (nSPS) is 11.2. The van der Waals surface area contributed by atoms with Crippen molar-refractivity contribution in [3.8, 4) is 0 Å². The van der Waals surface area contributed by atoms with Gasteiger partial charge in [0.25, 0.3) is 5.78 Å². The van der Waals surface area contributed by atoms with Gasteiger partial charge in [0.1, 0.15) is 0 Å². The molecule has 0 aliphatic heterocycles. The predicted molar refractivity (Wildman–Crippen MR) is 127 cm³/mol. The molecule has 3 heterocycles. The Morgan fingerprint density at radius 1 is 1.12 bits per heavy atom. The third-order valence-electron chi connectivity index (χ3n) is 5.11. The molecule has 10 nitrogen and oxygen atoms in total. The van der Waals surface area contributed by atoms with E-state index in [9.17, 15) is 4.79 Å². The van der Waals surface area contributed by atoms with Gasteiger partial charge in [-0.2, -0.15) is 9.97 Å². The third kappa shape index (κ3) is 4.47. The van der Waals surface area contributed by atoms with E-state index in [0.29, 0.717) is 42.5 Å². The predicted octanol–water partition coefficient (Wildman–Crippen LogP) is 2.89. The van der Waals surface area contributed by atoms with Crippen LogP contribution in [0, 0.1) is 13.8 Å². The molecule has 0 atom stereocenters. The van der Waals surface area contributed by atoms with Gasteiger partial charge in [-0.3, -0.25) is 4.79 Å². The Hall–Kier alpha value is -3.34. The van der Waals surface area contributed by atoms with E-state index in [0.717, 1.165) is 16.8 Å². The summed E-state index contributed by atoms with van der Waals surface area (Å²) in [6.45, 7) is 9.98. The molecule has 3 aromatic heterocycles. The smallest absolute Gasteiger partial charge is 0.261 e. The number of rotatable bonds is 9. The maximum Gasteiger partial charge on any atom is 0.261 e. The zero-order valence-electron chi connectivity index (χ0n) is 18.6. The zero-order valence-corrected chi connectivity index (χ0v) is 19.4. The molecule has 0 saturated carbocycles. The lowest BCUT2D eigenvalue weighted by molar-refractivity contribution is -0.118. The largest absolute Gasteiger partial charge is 0.358 e. The number of fused-ring (bicyclic) bond motifs is 2. The maximum atomic E-state index is 12.5. The van der Waals surface area contributed by atoms with E-state index >= 15 is 0 Å². The Morgan fingerprint density at radius 2 is 1.94 bits per heavy atom. The van der Waals surface area contributed by atoms with Crippen LogP contribution in [0.15, 0.2) is 23.4 Å². The number of anilines is 2. The Kier molecular flexibility index (Phi) is 6.45. The summed E-state index contributed by atoms with van der Waals surface area (Å²) in [7, 11) is 0. The number of carbonyl (C=O) groups is 1. The van der Waals surface area contributed by atoms with Crippen molar-refractivity contribution < 1.29 is 4.79 Å². The van der Waals surface area contributed by atoms with Gasteiger partial charge in [-0.05, 0) is 51.0 Å². The van der Waals surface area contributed by atoms with Gasteiger partial charge >= 0.3 is 0 Å². The van der Waals surface area contributed by atoms with Crippen LogP contribution in [0.3, 0.4) is 0 Å². The monoisotopic (exact) mass is 453 g/mol. The van der Waals surface area contributed by atoms with Gasteiger partial charge in [0.2, 0.25) is 17.8 Å². The van der Waals surface area contributed by atoms with Crippen molar-refractivity contribution in [1.29, 1.82) is 0 Å². The third-order valence-corrected chi connectivity index (χ3v) is 6.04. The highest BCUT2D eigenvalue weighted by Crippen LogP contribution is 2.23. The van der Waals surface area contributed by atoms with Crippen LogP contribution in [0.1, 0.15) is 30.7 Å². The molecular formula is C21H27N9OS. The average molecular weight is 454 g/mol. The Bertz CT molecular complexity index is 1260. The number of nitrogens with one attached hydrogen (secondary N) is 4.